The summed E-state index contributed by atoms with van der Waals surface area (Å²) < 4.78 is 33.1. The van der Waals surface area contributed by atoms with Gasteiger partial charge in [-0.1, -0.05) is 18.2 Å². The molecule has 1 saturated heterocycles. The van der Waals surface area contributed by atoms with Crippen molar-refractivity contribution in [3.63, 3.8) is 0 Å². The van der Waals surface area contributed by atoms with Crippen LogP contribution in [0, 0.1) is 0 Å². The minimum atomic E-state index is -1.53. The number of hydrogen-bond acceptors (Lipinski definition) is 12. The van der Waals surface area contributed by atoms with Crippen molar-refractivity contribution in [1.29, 1.82) is 0 Å². The van der Waals surface area contributed by atoms with E-state index in [4.69, 9.17) is 33.3 Å². The first-order valence-corrected chi connectivity index (χ1v) is 11.2. The molecule has 2 heterocycles. The predicted octanol–water partition coefficient (Wildman–Crippen LogP) is 0.940. The topological polar surface area (TPSA) is 155 Å². The van der Waals surface area contributed by atoms with Crippen molar-refractivity contribution in [2.45, 2.75) is 58.4 Å². The Bertz CT molecular complexity index is 1190. The second-order valence-electron chi connectivity index (χ2n) is 8.05. The molecule has 0 bridgehead atoms. The zero-order chi connectivity index (χ0) is 27.3. The largest absolute Gasteiger partial charge is 0.464 e. The number of benzene rings is 1. The molecule has 0 radical (unpaired) electrons. The summed E-state index contributed by atoms with van der Waals surface area (Å²) in [4.78, 5) is 65.9. The van der Waals surface area contributed by atoms with E-state index in [0.717, 1.165) is 32.4 Å². The van der Waals surface area contributed by atoms with E-state index in [1.54, 1.807) is 24.3 Å². The highest BCUT2D eigenvalue weighted by molar-refractivity contribution is 5.95. The Kier molecular flexibility index (Phi) is 8.71. The molecule has 0 aliphatic carbocycles. The van der Waals surface area contributed by atoms with Crippen LogP contribution in [0.5, 0.6) is 0 Å². The summed E-state index contributed by atoms with van der Waals surface area (Å²) in [5.74, 6) is -3.72. The molecule has 37 heavy (non-hydrogen) atoms. The third-order valence-corrected chi connectivity index (χ3v) is 5.22. The SMILES string of the molecule is COC(=O)c1cc2ccccc2n1O[C@@H]1O[C@H](COC(C)=O)[C@@H](OC(C)=O)[C@H](OC(C)=O)[C@H]1OC(C)=O. The molecule has 0 unspecified atom stereocenters. The van der Waals surface area contributed by atoms with E-state index in [0.29, 0.717) is 10.9 Å². The molecule has 3 rings (SSSR count). The van der Waals surface area contributed by atoms with Crippen molar-refractivity contribution in [3.8, 4) is 0 Å². The summed E-state index contributed by atoms with van der Waals surface area (Å²) in [6, 6.07) is 8.37. The van der Waals surface area contributed by atoms with Gasteiger partial charge in [-0.15, -0.1) is 0 Å². The molecule has 13 heteroatoms. The van der Waals surface area contributed by atoms with Crippen LogP contribution in [0.1, 0.15) is 38.2 Å². The van der Waals surface area contributed by atoms with Crippen LogP contribution in [0.2, 0.25) is 0 Å². The monoisotopic (exact) mass is 521 g/mol. The van der Waals surface area contributed by atoms with E-state index in [2.05, 4.69) is 0 Å². The molecule has 1 aromatic carbocycles. The first-order chi connectivity index (χ1) is 17.5. The summed E-state index contributed by atoms with van der Waals surface area (Å²) in [6.07, 6.45) is -6.97. The first-order valence-electron chi connectivity index (χ1n) is 11.2. The maximum absolute atomic E-state index is 12.5. The summed E-state index contributed by atoms with van der Waals surface area (Å²) in [5.41, 5.74) is 0.423. The average molecular weight is 521 g/mol. The van der Waals surface area contributed by atoms with Crippen molar-refractivity contribution < 1.29 is 57.2 Å². The Morgan fingerprint density at radius 3 is 2.03 bits per heavy atom. The second kappa shape index (κ2) is 11.7. The molecule has 5 atom stereocenters. The van der Waals surface area contributed by atoms with Crippen LogP contribution >= 0.6 is 0 Å². The van der Waals surface area contributed by atoms with Crippen molar-refractivity contribution in [2.24, 2.45) is 0 Å². The fraction of sp³-hybridized carbons (Fsp3) is 0.458. The van der Waals surface area contributed by atoms with E-state index >= 15 is 0 Å². The lowest BCUT2D eigenvalue weighted by atomic mass is 9.98. The van der Waals surface area contributed by atoms with Crippen LogP contribution in [-0.2, 0) is 47.6 Å². The lowest BCUT2D eigenvalue weighted by molar-refractivity contribution is -0.306. The number of methoxy groups -OCH3 is 1. The van der Waals surface area contributed by atoms with E-state index in [9.17, 15) is 24.0 Å². The summed E-state index contributed by atoms with van der Waals surface area (Å²) >= 11 is 0. The molecule has 1 aliphatic heterocycles. The maximum Gasteiger partial charge on any atom is 0.358 e. The fourth-order valence-electron chi connectivity index (χ4n) is 3.87. The van der Waals surface area contributed by atoms with E-state index in [1.807, 2.05) is 0 Å². The average Bonchev–Trinajstić information content (AvgIpc) is 3.18. The molecule has 13 nitrogen and oxygen atoms in total. The molecule has 1 aliphatic rings. The molecule has 1 fully saturated rings. The number of fused-ring (bicyclic) bond motifs is 1. The van der Waals surface area contributed by atoms with Gasteiger partial charge >= 0.3 is 29.8 Å². The van der Waals surface area contributed by atoms with Crippen molar-refractivity contribution in [3.05, 3.63) is 36.0 Å². The minimum absolute atomic E-state index is 0.0171. The highest BCUT2D eigenvalue weighted by Crippen LogP contribution is 2.30. The highest BCUT2D eigenvalue weighted by Gasteiger charge is 2.54. The third-order valence-electron chi connectivity index (χ3n) is 5.22. The zero-order valence-corrected chi connectivity index (χ0v) is 20.8. The summed E-state index contributed by atoms with van der Waals surface area (Å²) in [5, 5.41) is 0.619. The molecule has 0 spiro atoms. The van der Waals surface area contributed by atoms with E-state index in [1.165, 1.54) is 13.2 Å². The zero-order valence-electron chi connectivity index (χ0n) is 20.8. The predicted molar refractivity (Wildman–Crippen MR) is 122 cm³/mol. The first kappa shape index (κ1) is 27.5. The number of nitrogens with zero attached hydrogens (tertiary/aromatic N) is 1. The standard InChI is InChI=1S/C24H27NO12/c1-12(26)32-11-19-20(33-13(2)27)21(34-14(3)28)22(35-15(4)29)24(36-19)37-25-17-9-7-6-8-16(17)10-18(25)23(30)31-5/h6-10,19-22,24H,11H2,1-5H3/t19-,20-,21+,22-,24+/m1/s1. The fourth-order valence-corrected chi connectivity index (χ4v) is 3.87. The Morgan fingerprint density at radius 2 is 1.43 bits per heavy atom. The Hall–Kier alpha value is -4.13. The van der Waals surface area contributed by atoms with Crippen molar-refractivity contribution in [1.82, 2.24) is 4.73 Å². The van der Waals surface area contributed by atoms with Gasteiger partial charge in [-0.2, -0.15) is 4.73 Å². The van der Waals surface area contributed by atoms with Crippen LogP contribution in [0.3, 0.4) is 0 Å². The maximum atomic E-state index is 12.5. The van der Waals surface area contributed by atoms with Gasteiger partial charge in [0.2, 0.25) is 6.10 Å². The van der Waals surface area contributed by atoms with Gasteiger partial charge in [-0.25, -0.2) is 4.79 Å². The molecular weight excluding hydrogens is 494 g/mol. The van der Waals surface area contributed by atoms with E-state index in [-0.39, 0.29) is 5.69 Å². The van der Waals surface area contributed by atoms with Gasteiger partial charge in [0, 0.05) is 33.1 Å². The van der Waals surface area contributed by atoms with Gasteiger partial charge in [0.05, 0.1) is 12.6 Å². The lowest BCUT2D eigenvalue weighted by Gasteiger charge is -2.43. The number of carbonyl (C=O) groups is 5. The van der Waals surface area contributed by atoms with Gasteiger partial charge in [0.15, 0.2) is 17.9 Å². The van der Waals surface area contributed by atoms with Crippen LogP contribution in [0.15, 0.2) is 30.3 Å². The van der Waals surface area contributed by atoms with E-state index < -0.39 is 67.2 Å². The van der Waals surface area contributed by atoms with Gasteiger partial charge in [0.25, 0.3) is 6.29 Å². The number of carbonyl (C=O) groups excluding carboxylic acids is 5. The van der Waals surface area contributed by atoms with Gasteiger partial charge in [0.1, 0.15) is 12.7 Å². The highest BCUT2D eigenvalue weighted by atomic mass is 16.8. The number of esters is 5. The van der Waals surface area contributed by atoms with Crippen LogP contribution in [0.4, 0.5) is 0 Å². The number of aromatic nitrogens is 1. The van der Waals surface area contributed by atoms with Gasteiger partial charge < -0.3 is 33.3 Å². The Balaban J connectivity index is 2.11. The third kappa shape index (κ3) is 6.55. The Labute approximate surface area is 211 Å². The smallest absolute Gasteiger partial charge is 0.358 e. The summed E-state index contributed by atoms with van der Waals surface area (Å²) in [6.45, 7) is 4.08. The number of ether oxygens (including phenoxy) is 6. The molecular formula is C24H27NO12. The van der Waals surface area contributed by atoms with Crippen molar-refractivity contribution >= 4 is 40.7 Å². The summed E-state index contributed by atoms with van der Waals surface area (Å²) in [7, 11) is 1.19. The Morgan fingerprint density at radius 1 is 0.838 bits per heavy atom. The lowest BCUT2D eigenvalue weighted by Crippen LogP contribution is -2.64. The minimum Gasteiger partial charge on any atom is -0.464 e. The van der Waals surface area contributed by atoms with Crippen molar-refractivity contribution in [2.75, 3.05) is 13.7 Å². The van der Waals surface area contributed by atoms with Crippen LogP contribution in [-0.4, -0.2) is 79.0 Å². The molecule has 0 saturated carbocycles. The van der Waals surface area contributed by atoms with Gasteiger partial charge in [-0.05, 0) is 12.1 Å². The van der Waals surface area contributed by atoms with Crippen LogP contribution in [0.25, 0.3) is 10.9 Å². The second-order valence-corrected chi connectivity index (χ2v) is 8.05. The molecule has 2 aromatic rings. The number of hydrogen-bond donors (Lipinski definition) is 0. The molecule has 200 valence electrons. The normalized spacial score (nSPS) is 23.0. The number of rotatable bonds is 8. The molecule has 1 aromatic heterocycles. The van der Waals surface area contributed by atoms with Crippen LogP contribution < -0.4 is 4.84 Å². The van der Waals surface area contributed by atoms with Gasteiger partial charge in [-0.3, -0.25) is 19.2 Å². The molecule has 0 amide bonds. The molecule has 0 N–H and O–H groups in total. The quantitative estimate of drug-likeness (QED) is 0.358. The number of para-hydroxylation sites is 1.